The summed E-state index contributed by atoms with van der Waals surface area (Å²) in [4.78, 5) is 27.7. The standard InChI is InChI=1S/C19H20FNO4/c1-3-25-18(24)10-9-17(23)19-16(22)8-7-13(21-19)11-14-12(2)5-4-6-15(14)20/h4-8,22H,3,9-11H2,1-2H3. The van der Waals surface area contributed by atoms with Gasteiger partial charge in [-0.1, -0.05) is 12.1 Å². The van der Waals surface area contributed by atoms with Crippen molar-refractivity contribution in [1.82, 2.24) is 4.98 Å². The van der Waals surface area contributed by atoms with Gasteiger partial charge in [-0.15, -0.1) is 0 Å². The summed E-state index contributed by atoms with van der Waals surface area (Å²) >= 11 is 0. The van der Waals surface area contributed by atoms with Crippen LogP contribution in [-0.4, -0.2) is 28.4 Å². The number of nitrogens with zero attached hydrogens (tertiary/aromatic N) is 1. The van der Waals surface area contributed by atoms with Gasteiger partial charge in [-0.25, -0.2) is 9.37 Å². The zero-order valence-electron chi connectivity index (χ0n) is 14.2. The summed E-state index contributed by atoms with van der Waals surface area (Å²) in [5, 5.41) is 9.88. The lowest BCUT2D eigenvalue weighted by Crippen LogP contribution is -2.10. The molecule has 0 fully saturated rings. The second-order valence-electron chi connectivity index (χ2n) is 5.61. The third kappa shape index (κ3) is 4.86. The van der Waals surface area contributed by atoms with E-state index < -0.39 is 11.8 Å². The fourth-order valence-corrected chi connectivity index (χ4v) is 2.43. The van der Waals surface area contributed by atoms with Crippen molar-refractivity contribution in [2.45, 2.75) is 33.1 Å². The number of aromatic hydroxyl groups is 1. The van der Waals surface area contributed by atoms with E-state index in [1.54, 1.807) is 32.0 Å². The molecule has 5 nitrogen and oxygen atoms in total. The predicted octanol–water partition coefficient (Wildman–Crippen LogP) is 3.35. The second-order valence-corrected chi connectivity index (χ2v) is 5.61. The maximum absolute atomic E-state index is 14.0. The van der Waals surface area contributed by atoms with E-state index in [9.17, 15) is 19.1 Å². The van der Waals surface area contributed by atoms with Crippen LogP contribution in [0.25, 0.3) is 0 Å². The second kappa shape index (κ2) is 8.37. The van der Waals surface area contributed by atoms with E-state index in [2.05, 4.69) is 4.98 Å². The fourth-order valence-electron chi connectivity index (χ4n) is 2.43. The van der Waals surface area contributed by atoms with Gasteiger partial charge < -0.3 is 9.84 Å². The van der Waals surface area contributed by atoms with Gasteiger partial charge in [-0.3, -0.25) is 9.59 Å². The van der Waals surface area contributed by atoms with Crippen LogP contribution in [-0.2, 0) is 16.0 Å². The molecule has 0 aliphatic carbocycles. The van der Waals surface area contributed by atoms with Crippen LogP contribution in [0.2, 0.25) is 0 Å². The monoisotopic (exact) mass is 345 g/mol. The number of Topliss-reactive ketones (excluding diaryl/α,β-unsaturated/α-hetero) is 1. The van der Waals surface area contributed by atoms with Gasteiger partial charge in [0.15, 0.2) is 5.78 Å². The summed E-state index contributed by atoms with van der Waals surface area (Å²) < 4.78 is 18.7. The summed E-state index contributed by atoms with van der Waals surface area (Å²) in [6, 6.07) is 7.70. The van der Waals surface area contributed by atoms with Crippen LogP contribution in [0.5, 0.6) is 5.75 Å². The Morgan fingerprint density at radius 2 is 1.96 bits per heavy atom. The molecule has 1 aromatic carbocycles. The molecule has 1 heterocycles. The molecule has 1 N–H and O–H groups in total. The number of hydrogen-bond acceptors (Lipinski definition) is 5. The Morgan fingerprint density at radius 3 is 2.64 bits per heavy atom. The molecule has 1 aromatic heterocycles. The molecule has 0 atom stereocenters. The molecule has 0 bridgehead atoms. The molecule has 0 radical (unpaired) electrons. The summed E-state index contributed by atoms with van der Waals surface area (Å²) in [7, 11) is 0. The van der Waals surface area contributed by atoms with E-state index in [4.69, 9.17) is 4.74 Å². The Morgan fingerprint density at radius 1 is 1.20 bits per heavy atom. The van der Waals surface area contributed by atoms with E-state index in [1.165, 1.54) is 12.1 Å². The van der Waals surface area contributed by atoms with Crippen molar-refractivity contribution >= 4 is 11.8 Å². The number of pyridine rings is 1. The lowest BCUT2D eigenvalue weighted by Gasteiger charge is -2.09. The molecule has 0 spiro atoms. The summed E-state index contributed by atoms with van der Waals surface area (Å²) in [6.45, 7) is 3.72. The highest BCUT2D eigenvalue weighted by Crippen LogP contribution is 2.21. The van der Waals surface area contributed by atoms with Crippen molar-refractivity contribution < 1.29 is 23.8 Å². The molecule has 0 aliphatic rings. The normalized spacial score (nSPS) is 10.5. The molecule has 0 unspecified atom stereocenters. The van der Waals surface area contributed by atoms with Gasteiger partial charge in [0, 0.05) is 18.5 Å². The topological polar surface area (TPSA) is 76.5 Å². The lowest BCUT2D eigenvalue weighted by atomic mass is 10.0. The van der Waals surface area contributed by atoms with E-state index in [0.29, 0.717) is 11.3 Å². The third-order valence-corrected chi connectivity index (χ3v) is 3.77. The zero-order valence-corrected chi connectivity index (χ0v) is 14.2. The molecule has 0 aliphatic heterocycles. The average Bonchev–Trinajstić information content (AvgIpc) is 2.58. The Labute approximate surface area is 145 Å². The lowest BCUT2D eigenvalue weighted by molar-refractivity contribution is -0.143. The molecular formula is C19H20FNO4. The molecule has 0 amide bonds. The van der Waals surface area contributed by atoms with Crippen molar-refractivity contribution in [2.75, 3.05) is 6.61 Å². The highest BCUT2D eigenvalue weighted by atomic mass is 19.1. The third-order valence-electron chi connectivity index (χ3n) is 3.77. The van der Waals surface area contributed by atoms with Crippen LogP contribution in [0.15, 0.2) is 30.3 Å². The highest BCUT2D eigenvalue weighted by molar-refractivity contribution is 5.98. The van der Waals surface area contributed by atoms with Crippen LogP contribution < -0.4 is 0 Å². The van der Waals surface area contributed by atoms with Crippen molar-refractivity contribution in [3.05, 3.63) is 58.7 Å². The molecule has 6 heteroatoms. The van der Waals surface area contributed by atoms with Crippen LogP contribution >= 0.6 is 0 Å². The predicted molar refractivity (Wildman–Crippen MR) is 90.0 cm³/mol. The van der Waals surface area contributed by atoms with Crippen molar-refractivity contribution in [1.29, 1.82) is 0 Å². The minimum atomic E-state index is -0.478. The van der Waals surface area contributed by atoms with Crippen LogP contribution in [0.1, 0.15) is 47.1 Å². The number of halogens is 1. The Balaban J connectivity index is 2.17. The van der Waals surface area contributed by atoms with Gasteiger partial charge >= 0.3 is 5.97 Å². The van der Waals surface area contributed by atoms with E-state index in [0.717, 1.165) is 5.56 Å². The first-order valence-corrected chi connectivity index (χ1v) is 8.04. The van der Waals surface area contributed by atoms with Crippen molar-refractivity contribution in [2.24, 2.45) is 0 Å². The number of ketones is 1. The van der Waals surface area contributed by atoms with E-state index in [1.807, 2.05) is 0 Å². The van der Waals surface area contributed by atoms with Crippen LogP contribution in [0.3, 0.4) is 0 Å². The molecule has 2 rings (SSSR count). The minimum Gasteiger partial charge on any atom is -0.506 e. The first kappa shape index (κ1) is 18.6. The number of rotatable bonds is 7. The molecule has 2 aromatic rings. The molecule has 0 saturated heterocycles. The quantitative estimate of drug-likeness (QED) is 0.615. The largest absolute Gasteiger partial charge is 0.506 e. The smallest absolute Gasteiger partial charge is 0.306 e. The van der Waals surface area contributed by atoms with Gasteiger partial charge in [0.2, 0.25) is 0 Å². The van der Waals surface area contributed by atoms with Crippen molar-refractivity contribution in [3.8, 4) is 5.75 Å². The number of hydrogen-bond donors (Lipinski definition) is 1. The highest BCUT2D eigenvalue weighted by Gasteiger charge is 2.17. The van der Waals surface area contributed by atoms with Crippen molar-refractivity contribution in [3.63, 3.8) is 0 Å². The maximum atomic E-state index is 14.0. The van der Waals surface area contributed by atoms with Gasteiger partial charge in [-0.05, 0) is 43.2 Å². The molecule has 132 valence electrons. The Bertz CT molecular complexity index is 769. The van der Waals surface area contributed by atoms with Gasteiger partial charge in [0.25, 0.3) is 0 Å². The van der Waals surface area contributed by atoms with E-state index >= 15 is 0 Å². The van der Waals surface area contributed by atoms with Gasteiger partial charge in [0.1, 0.15) is 17.3 Å². The summed E-state index contributed by atoms with van der Waals surface area (Å²) in [5.74, 6) is -1.54. The van der Waals surface area contributed by atoms with E-state index in [-0.39, 0.29) is 43.1 Å². The first-order valence-electron chi connectivity index (χ1n) is 8.04. The average molecular weight is 345 g/mol. The van der Waals surface area contributed by atoms with Gasteiger partial charge in [-0.2, -0.15) is 0 Å². The fraction of sp³-hybridized carbons (Fsp3) is 0.316. The number of aromatic nitrogens is 1. The maximum Gasteiger partial charge on any atom is 0.306 e. The molecular weight excluding hydrogens is 325 g/mol. The number of benzene rings is 1. The summed E-state index contributed by atoms with van der Waals surface area (Å²) in [6.07, 6.45) is 0.0168. The number of carbonyl (C=O) groups excluding carboxylic acids is 2. The number of esters is 1. The number of carbonyl (C=O) groups is 2. The Hall–Kier alpha value is -2.76. The summed E-state index contributed by atoms with van der Waals surface area (Å²) in [5.41, 5.74) is 1.62. The van der Waals surface area contributed by atoms with Gasteiger partial charge in [0.05, 0.1) is 13.0 Å². The zero-order chi connectivity index (χ0) is 18.4. The molecule has 25 heavy (non-hydrogen) atoms. The van der Waals surface area contributed by atoms with Crippen LogP contribution in [0.4, 0.5) is 4.39 Å². The minimum absolute atomic E-state index is 0.0789. The van der Waals surface area contributed by atoms with Crippen LogP contribution in [0, 0.1) is 12.7 Å². The Kier molecular flexibility index (Phi) is 6.22. The number of aryl methyl sites for hydroxylation is 1. The molecule has 0 saturated carbocycles. The first-order chi connectivity index (χ1) is 11.9. The number of ether oxygens (including phenoxy) is 1. The SMILES string of the molecule is CCOC(=O)CCC(=O)c1nc(Cc2c(C)cccc2F)ccc1O.